The van der Waals surface area contributed by atoms with Gasteiger partial charge < -0.3 is 0 Å². The fourth-order valence-corrected chi connectivity index (χ4v) is 7.72. The lowest BCUT2D eigenvalue weighted by molar-refractivity contribution is 1.23. The van der Waals surface area contributed by atoms with E-state index in [1.165, 1.54) is 44.5 Å². The van der Waals surface area contributed by atoms with Crippen molar-refractivity contribution >= 4 is 21.7 Å². The van der Waals surface area contributed by atoms with Gasteiger partial charge in [-0.3, -0.25) is 0 Å². The van der Waals surface area contributed by atoms with Gasteiger partial charge in [0.15, 0.2) is 5.82 Å². The molecule has 0 bridgehead atoms. The van der Waals surface area contributed by atoms with Crippen LogP contribution in [0.5, 0.6) is 0 Å². The SMILES string of the molecule is c1ccc(-c2ccc(-c3nc(-c4ccc(-c5ccc(-c6cccc(-c7cccc(-c8ccccc8)c7)c6)cc5)cc4)nc4c3ccc3ccccc34)cc2)cc1. The summed E-state index contributed by atoms with van der Waals surface area (Å²) in [5.41, 5.74) is 15.9. The van der Waals surface area contributed by atoms with Gasteiger partial charge in [0.25, 0.3) is 0 Å². The van der Waals surface area contributed by atoms with Crippen LogP contribution in [-0.4, -0.2) is 9.97 Å². The molecule has 0 amide bonds. The Morgan fingerprint density at radius 3 is 1.18 bits per heavy atom. The topological polar surface area (TPSA) is 25.8 Å². The van der Waals surface area contributed by atoms with E-state index in [0.29, 0.717) is 5.82 Å². The molecule has 9 aromatic carbocycles. The van der Waals surface area contributed by atoms with Crippen LogP contribution in [0.15, 0.2) is 218 Å². The summed E-state index contributed by atoms with van der Waals surface area (Å²) in [4.78, 5) is 10.4. The fourth-order valence-electron chi connectivity index (χ4n) is 7.72. The lowest BCUT2D eigenvalue weighted by atomic mass is 9.95. The average molecular weight is 713 g/mol. The molecular formula is C54H36N2. The summed E-state index contributed by atoms with van der Waals surface area (Å²) < 4.78 is 0. The van der Waals surface area contributed by atoms with Gasteiger partial charge in [-0.25, -0.2) is 9.97 Å². The molecule has 2 heteroatoms. The van der Waals surface area contributed by atoms with E-state index < -0.39 is 0 Å². The van der Waals surface area contributed by atoms with Gasteiger partial charge in [0.1, 0.15) is 0 Å². The molecule has 0 atom stereocenters. The molecule has 10 aromatic rings. The lowest BCUT2D eigenvalue weighted by Crippen LogP contribution is -1.96. The summed E-state index contributed by atoms with van der Waals surface area (Å²) in [5, 5.41) is 3.33. The van der Waals surface area contributed by atoms with Crippen LogP contribution in [0.2, 0.25) is 0 Å². The van der Waals surface area contributed by atoms with E-state index in [0.717, 1.165) is 49.6 Å². The zero-order valence-corrected chi connectivity index (χ0v) is 30.7. The van der Waals surface area contributed by atoms with Crippen LogP contribution in [0.3, 0.4) is 0 Å². The molecule has 0 aliphatic rings. The van der Waals surface area contributed by atoms with E-state index in [1.54, 1.807) is 0 Å². The van der Waals surface area contributed by atoms with Gasteiger partial charge in [0.05, 0.1) is 11.2 Å². The minimum atomic E-state index is 0.715. The third-order valence-electron chi connectivity index (χ3n) is 10.7. The maximum Gasteiger partial charge on any atom is 0.160 e. The van der Waals surface area contributed by atoms with Crippen molar-refractivity contribution in [3.8, 4) is 78.3 Å². The first kappa shape index (κ1) is 33.2. The van der Waals surface area contributed by atoms with E-state index in [4.69, 9.17) is 9.97 Å². The minimum Gasteiger partial charge on any atom is -0.227 e. The highest BCUT2D eigenvalue weighted by Gasteiger charge is 2.15. The van der Waals surface area contributed by atoms with Crippen molar-refractivity contribution in [3.05, 3.63) is 218 Å². The molecule has 10 rings (SSSR count). The molecule has 0 aliphatic carbocycles. The predicted octanol–water partition coefficient (Wildman–Crippen LogP) is 14.5. The Morgan fingerprint density at radius 1 is 0.232 bits per heavy atom. The van der Waals surface area contributed by atoms with Crippen molar-refractivity contribution in [2.24, 2.45) is 0 Å². The van der Waals surface area contributed by atoms with Crippen LogP contribution in [-0.2, 0) is 0 Å². The Kier molecular flexibility index (Phi) is 8.55. The van der Waals surface area contributed by atoms with Crippen LogP contribution in [0.25, 0.3) is 100.0 Å². The smallest absolute Gasteiger partial charge is 0.160 e. The molecule has 0 radical (unpaired) electrons. The first-order chi connectivity index (χ1) is 27.7. The highest BCUT2D eigenvalue weighted by molar-refractivity contribution is 6.09. The quantitative estimate of drug-likeness (QED) is 0.154. The van der Waals surface area contributed by atoms with Gasteiger partial charge in [-0.15, -0.1) is 0 Å². The van der Waals surface area contributed by atoms with E-state index in [1.807, 2.05) is 6.07 Å². The highest BCUT2D eigenvalue weighted by atomic mass is 14.9. The van der Waals surface area contributed by atoms with Gasteiger partial charge in [-0.2, -0.15) is 0 Å². The van der Waals surface area contributed by atoms with E-state index in [9.17, 15) is 0 Å². The number of hydrogen-bond acceptors (Lipinski definition) is 2. The van der Waals surface area contributed by atoms with Crippen LogP contribution < -0.4 is 0 Å². The molecular weight excluding hydrogens is 677 g/mol. The van der Waals surface area contributed by atoms with E-state index >= 15 is 0 Å². The Bertz CT molecular complexity index is 2970. The van der Waals surface area contributed by atoms with Crippen molar-refractivity contribution in [2.75, 3.05) is 0 Å². The standard InChI is InChI=1S/C54H36N2/c1-3-11-37(12-4-1)39-25-29-44(30-26-39)52-51-34-33-43-15-7-8-20-50(43)53(51)56-54(55-52)45-31-27-41(28-32-45)40-21-23-42(24-22-40)47-17-10-19-49(36-47)48-18-9-16-46(35-48)38-13-5-2-6-14-38/h1-36H. The van der Waals surface area contributed by atoms with Crippen LogP contribution in [0, 0.1) is 0 Å². The minimum absolute atomic E-state index is 0.715. The first-order valence-corrected chi connectivity index (χ1v) is 19.1. The molecule has 0 saturated heterocycles. The molecule has 56 heavy (non-hydrogen) atoms. The molecule has 0 spiro atoms. The molecule has 0 fully saturated rings. The van der Waals surface area contributed by atoms with Gasteiger partial charge in [-0.05, 0) is 79.2 Å². The zero-order chi connectivity index (χ0) is 37.3. The van der Waals surface area contributed by atoms with E-state index in [2.05, 4.69) is 212 Å². The second-order valence-electron chi connectivity index (χ2n) is 14.2. The van der Waals surface area contributed by atoms with Crippen molar-refractivity contribution in [2.45, 2.75) is 0 Å². The summed E-state index contributed by atoms with van der Waals surface area (Å²) in [6, 6.07) is 77.6. The fraction of sp³-hybridized carbons (Fsp3) is 0. The second-order valence-corrected chi connectivity index (χ2v) is 14.2. The average Bonchev–Trinajstić information content (AvgIpc) is 3.29. The normalized spacial score (nSPS) is 11.2. The van der Waals surface area contributed by atoms with Crippen LogP contribution >= 0.6 is 0 Å². The summed E-state index contributed by atoms with van der Waals surface area (Å²) >= 11 is 0. The Morgan fingerprint density at radius 2 is 0.625 bits per heavy atom. The highest BCUT2D eigenvalue weighted by Crippen LogP contribution is 2.36. The van der Waals surface area contributed by atoms with Gasteiger partial charge in [0, 0.05) is 21.9 Å². The third kappa shape index (κ3) is 6.44. The monoisotopic (exact) mass is 712 g/mol. The predicted molar refractivity (Wildman–Crippen MR) is 235 cm³/mol. The van der Waals surface area contributed by atoms with Crippen molar-refractivity contribution in [1.29, 1.82) is 0 Å². The molecule has 0 unspecified atom stereocenters. The summed E-state index contributed by atoms with van der Waals surface area (Å²) in [6.45, 7) is 0. The molecule has 0 N–H and O–H groups in total. The van der Waals surface area contributed by atoms with Crippen LogP contribution in [0.1, 0.15) is 0 Å². The number of fused-ring (bicyclic) bond motifs is 3. The third-order valence-corrected chi connectivity index (χ3v) is 10.7. The first-order valence-electron chi connectivity index (χ1n) is 19.1. The van der Waals surface area contributed by atoms with Crippen molar-refractivity contribution < 1.29 is 0 Å². The maximum atomic E-state index is 5.24. The van der Waals surface area contributed by atoms with E-state index in [-0.39, 0.29) is 0 Å². The molecule has 1 aromatic heterocycles. The van der Waals surface area contributed by atoms with Gasteiger partial charge in [0.2, 0.25) is 0 Å². The van der Waals surface area contributed by atoms with Crippen molar-refractivity contribution in [3.63, 3.8) is 0 Å². The Labute approximate surface area is 327 Å². The summed E-state index contributed by atoms with van der Waals surface area (Å²) in [5.74, 6) is 0.715. The Hall–Kier alpha value is -7.42. The number of rotatable bonds is 7. The molecule has 0 saturated carbocycles. The molecule has 262 valence electrons. The van der Waals surface area contributed by atoms with Crippen LogP contribution in [0.4, 0.5) is 0 Å². The summed E-state index contributed by atoms with van der Waals surface area (Å²) in [6.07, 6.45) is 0. The maximum absolute atomic E-state index is 5.24. The molecule has 2 nitrogen and oxygen atoms in total. The number of nitrogens with zero attached hydrogens (tertiary/aromatic N) is 2. The van der Waals surface area contributed by atoms with Gasteiger partial charge in [-0.1, -0.05) is 200 Å². The number of benzene rings is 9. The summed E-state index contributed by atoms with van der Waals surface area (Å²) in [7, 11) is 0. The zero-order valence-electron chi connectivity index (χ0n) is 30.7. The Balaban J connectivity index is 0.953. The molecule has 0 aliphatic heterocycles. The van der Waals surface area contributed by atoms with Crippen molar-refractivity contribution in [1.82, 2.24) is 9.97 Å². The number of hydrogen-bond donors (Lipinski definition) is 0. The second kappa shape index (κ2) is 14.4. The van der Waals surface area contributed by atoms with Gasteiger partial charge >= 0.3 is 0 Å². The molecule has 1 heterocycles. The number of aromatic nitrogens is 2. The largest absolute Gasteiger partial charge is 0.227 e. The lowest BCUT2D eigenvalue weighted by Gasteiger charge is -2.12.